The van der Waals surface area contributed by atoms with Crippen LogP contribution in [0.25, 0.3) is 11.1 Å². The highest BCUT2D eigenvalue weighted by molar-refractivity contribution is 6.30. The number of carbonyl (C=O) groups is 1. The highest BCUT2D eigenvalue weighted by Crippen LogP contribution is 2.34. The van der Waals surface area contributed by atoms with E-state index in [1.165, 1.54) is 17.3 Å². The number of aliphatic hydroxyl groups is 1. The molecule has 2 heterocycles. The van der Waals surface area contributed by atoms with E-state index >= 15 is 0 Å². The van der Waals surface area contributed by atoms with Gasteiger partial charge in [0.1, 0.15) is 5.69 Å². The van der Waals surface area contributed by atoms with Gasteiger partial charge in [-0.2, -0.15) is 0 Å². The van der Waals surface area contributed by atoms with Gasteiger partial charge in [-0.1, -0.05) is 54.9 Å². The maximum absolute atomic E-state index is 12.8. The van der Waals surface area contributed by atoms with Gasteiger partial charge in [-0.3, -0.25) is 4.79 Å². The smallest absolute Gasteiger partial charge is 0.272 e. The molecule has 1 amide bonds. The highest BCUT2D eigenvalue weighted by Gasteiger charge is 2.29. The average Bonchev–Trinajstić information content (AvgIpc) is 3.28. The zero-order chi connectivity index (χ0) is 21.1. The maximum atomic E-state index is 12.8. The number of pyridine rings is 1. The first-order valence-corrected chi connectivity index (χ1v) is 10.7. The lowest BCUT2D eigenvalue weighted by atomic mass is 9.89. The number of rotatable bonds is 5. The van der Waals surface area contributed by atoms with Gasteiger partial charge in [-0.05, 0) is 58.9 Å². The van der Waals surface area contributed by atoms with E-state index in [2.05, 4.69) is 48.3 Å². The Morgan fingerprint density at radius 2 is 2.00 bits per heavy atom. The fourth-order valence-electron chi connectivity index (χ4n) is 4.28. The van der Waals surface area contributed by atoms with E-state index in [0.29, 0.717) is 23.8 Å². The quantitative estimate of drug-likeness (QED) is 0.625. The minimum absolute atomic E-state index is 0.0132. The van der Waals surface area contributed by atoms with Crippen molar-refractivity contribution in [1.82, 2.24) is 9.88 Å². The Morgan fingerprint density at radius 1 is 1.17 bits per heavy atom. The van der Waals surface area contributed by atoms with Crippen molar-refractivity contribution in [2.45, 2.75) is 32.3 Å². The molecule has 0 bridgehead atoms. The van der Waals surface area contributed by atoms with Gasteiger partial charge >= 0.3 is 0 Å². The summed E-state index contributed by atoms with van der Waals surface area (Å²) in [6.45, 7) is 3.45. The Bertz CT molecular complexity index is 1050. The topological polar surface area (TPSA) is 53.4 Å². The number of halogens is 1. The third-order valence-electron chi connectivity index (χ3n) is 5.88. The van der Waals surface area contributed by atoms with Crippen LogP contribution >= 0.6 is 11.6 Å². The summed E-state index contributed by atoms with van der Waals surface area (Å²) in [4.78, 5) is 18.8. The SMILES string of the molecule is CCc1ccccc1-c1ccc(C2CCN(C(=O)c3ccc(Cl)cn3)C2)c(CO)c1. The zero-order valence-electron chi connectivity index (χ0n) is 17.0. The molecule has 1 aliphatic rings. The zero-order valence-corrected chi connectivity index (χ0v) is 17.8. The van der Waals surface area contributed by atoms with Crippen LogP contribution in [-0.4, -0.2) is 34.0 Å². The van der Waals surface area contributed by atoms with Gasteiger partial charge in [0, 0.05) is 25.2 Å². The van der Waals surface area contributed by atoms with E-state index in [1.54, 1.807) is 12.1 Å². The molecule has 1 saturated heterocycles. The van der Waals surface area contributed by atoms with Crippen LogP contribution in [0, 0.1) is 0 Å². The molecule has 0 aliphatic carbocycles. The number of benzene rings is 2. The van der Waals surface area contributed by atoms with Gasteiger partial charge in [-0.15, -0.1) is 0 Å². The van der Waals surface area contributed by atoms with Gasteiger partial charge in [0.05, 0.1) is 11.6 Å². The molecule has 0 saturated carbocycles. The molecule has 1 aliphatic heterocycles. The van der Waals surface area contributed by atoms with Crippen molar-refractivity contribution in [3.05, 3.63) is 88.2 Å². The van der Waals surface area contributed by atoms with Crippen molar-refractivity contribution in [2.75, 3.05) is 13.1 Å². The fraction of sp³-hybridized carbons (Fsp3) is 0.280. The molecule has 1 fully saturated rings. The van der Waals surface area contributed by atoms with Crippen LogP contribution in [0.5, 0.6) is 0 Å². The summed E-state index contributed by atoms with van der Waals surface area (Å²) in [6.07, 6.45) is 3.33. The third-order valence-corrected chi connectivity index (χ3v) is 6.11. The summed E-state index contributed by atoms with van der Waals surface area (Å²) < 4.78 is 0. The van der Waals surface area contributed by atoms with Crippen molar-refractivity contribution in [3.63, 3.8) is 0 Å². The van der Waals surface area contributed by atoms with Crippen molar-refractivity contribution >= 4 is 17.5 Å². The van der Waals surface area contributed by atoms with Crippen molar-refractivity contribution in [3.8, 4) is 11.1 Å². The van der Waals surface area contributed by atoms with Crippen LogP contribution in [0.4, 0.5) is 0 Å². The first-order valence-electron chi connectivity index (χ1n) is 10.3. The van der Waals surface area contributed by atoms with Gasteiger partial charge in [0.25, 0.3) is 5.91 Å². The molecular formula is C25H25ClN2O2. The molecule has 0 spiro atoms. The standard InChI is InChI=1S/C25H25ClN2O2/c1-2-17-5-3-4-6-22(17)18-7-9-23(20(13-18)16-29)19-11-12-28(15-19)25(30)24-10-8-21(26)14-27-24/h3-10,13-14,19,29H,2,11-12,15-16H2,1H3. The number of hydrogen-bond donors (Lipinski definition) is 1. The van der Waals surface area contributed by atoms with E-state index in [1.807, 2.05) is 11.0 Å². The molecule has 1 unspecified atom stereocenters. The van der Waals surface area contributed by atoms with Crippen molar-refractivity contribution in [1.29, 1.82) is 0 Å². The molecule has 30 heavy (non-hydrogen) atoms. The number of likely N-dealkylation sites (tertiary alicyclic amines) is 1. The number of aromatic nitrogens is 1. The summed E-state index contributed by atoms with van der Waals surface area (Å²) >= 11 is 5.88. The van der Waals surface area contributed by atoms with Crippen molar-refractivity contribution < 1.29 is 9.90 Å². The second-order valence-corrected chi connectivity index (χ2v) is 8.12. The maximum Gasteiger partial charge on any atom is 0.272 e. The van der Waals surface area contributed by atoms with Crippen molar-refractivity contribution in [2.24, 2.45) is 0 Å². The number of amides is 1. The van der Waals surface area contributed by atoms with Crippen LogP contribution in [-0.2, 0) is 13.0 Å². The highest BCUT2D eigenvalue weighted by atomic mass is 35.5. The van der Waals surface area contributed by atoms with Gasteiger partial charge in [0.15, 0.2) is 0 Å². The van der Waals surface area contributed by atoms with Gasteiger partial charge in [-0.25, -0.2) is 4.98 Å². The summed E-state index contributed by atoms with van der Waals surface area (Å²) in [5.74, 6) is 0.132. The average molecular weight is 421 g/mol. The normalized spacial score (nSPS) is 16.1. The summed E-state index contributed by atoms with van der Waals surface area (Å²) in [5, 5.41) is 10.6. The molecule has 2 aromatic carbocycles. The number of aliphatic hydroxyl groups excluding tert-OH is 1. The Kier molecular flexibility index (Phi) is 6.16. The predicted octanol–water partition coefficient (Wildman–Crippen LogP) is 5.09. The van der Waals surface area contributed by atoms with E-state index in [4.69, 9.17) is 11.6 Å². The summed E-state index contributed by atoms with van der Waals surface area (Å²) in [5.41, 5.74) is 6.09. The van der Waals surface area contributed by atoms with Crippen LogP contribution in [0.1, 0.15) is 46.4 Å². The predicted molar refractivity (Wildman–Crippen MR) is 120 cm³/mol. The first-order chi connectivity index (χ1) is 14.6. The molecular weight excluding hydrogens is 396 g/mol. The van der Waals surface area contributed by atoms with E-state index in [0.717, 1.165) is 29.5 Å². The molecule has 1 aromatic heterocycles. The molecule has 154 valence electrons. The summed E-state index contributed by atoms with van der Waals surface area (Å²) in [6, 6.07) is 18.1. The van der Waals surface area contributed by atoms with E-state index in [9.17, 15) is 9.90 Å². The largest absolute Gasteiger partial charge is 0.392 e. The molecule has 1 atom stereocenters. The Balaban J connectivity index is 1.56. The molecule has 5 heteroatoms. The Labute approximate surface area is 182 Å². The molecule has 3 aromatic rings. The van der Waals surface area contributed by atoms with Crippen LogP contribution in [0.3, 0.4) is 0 Å². The third kappa shape index (κ3) is 4.11. The minimum Gasteiger partial charge on any atom is -0.392 e. The Hall–Kier alpha value is -2.69. The second kappa shape index (κ2) is 8.99. The fourth-order valence-corrected chi connectivity index (χ4v) is 4.39. The molecule has 4 rings (SSSR count). The number of aryl methyl sites for hydroxylation is 1. The molecule has 1 N–H and O–H groups in total. The first kappa shape index (κ1) is 20.6. The van der Waals surface area contributed by atoms with Crippen LogP contribution < -0.4 is 0 Å². The number of hydrogen-bond acceptors (Lipinski definition) is 3. The monoisotopic (exact) mass is 420 g/mol. The number of nitrogens with zero attached hydrogens (tertiary/aromatic N) is 2. The Morgan fingerprint density at radius 3 is 2.73 bits per heavy atom. The number of carbonyl (C=O) groups excluding carboxylic acids is 1. The van der Waals surface area contributed by atoms with E-state index in [-0.39, 0.29) is 18.4 Å². The van der Waals surface area contributed by atoms with E-state index < -0.39 is 0 Å². The lowest BCUT2D eigenvalue weighted by molar-refractivity contribution is 0.0785. The minimum atomic E-state index is -0.0757. The van der Waals surface area contributed by atoms with Crippen LogP contribution in [0.2, 0.25) is 5.02 Å². The van der Waals surface area contributed by atoms with Gasteiger partial charge in [0.2, 0.25) is 0 Å². The van der Waals surface area contributed by atoms with Crippen LogP contribution in [0.15, 0.2) is 60.8 Å². The lowest BCUT2D eigenvalue weighted by Gasteiger charge is -2.19. The lowest BCUT2D eigenvalue weighted by Crippen LogP contribution is -2.29. The molecule has 4 nitrogen and oxygen atoms in total. The van der Waals surface area contributed by atoms with Gasteiger partial charge < -0.3 is 10.0 Å². The summed E-state index contributed by atoms with van der Waals surface area (Å²) in [7, 11) is 0. The molecule has 0 radical (unpaired) electrons. The second-order valence-electron chi connectivity index (χ2n) is 7.68.